The molecule has 0 radical (unpaired) electrons. The van der Waals surface area contributed by atoms with E-state index in [0.717, 1.165) is 17.7 Å². The Bertz CT molecular complexity index is 422. The number of benzene rings is 1. The first kappa shape index (κ1) is 12.7. The first-order chi connectivity index (χ1) is 8.69. The van der Waals surface area contributed by atoms with E-state index >= 15 is 0 Å². The summed E-state index contributed by atoms with van der Waals surface area (Å²) in [4.78, 5) is 12.4. The first-order valence-corrected chi connectivity index (χ1v) is 6.03. The molecule has 1 aromatic rings. The highest BCUT2D eigenvalue weighted by atomic mass is 16.5. The molecule has 5 heteroatoms. The van der Waals surface area contributed by atoms with E-state index in [4.69, 9.17) is 9.84 Å². The lowest BCUT2D eigenvalue weighted by atomic mass is 10.0. The number of ether oxygens (including phenoxy) is 1. The zero-order valence-corrected chi connectivity index (χ0v) is 10.4. The van der Waals surface area contributed by atoms with Crippen LogP contribution in [0.15, 0.2) is 24.3 Å². The molecular formula is C13H18N2O3. The lowest BCUT2D eigenvalue weighted by molar-refractivity contribution is 0.128. The minimum Gasteiger partial charge on any atom is -0.497 e. The Labute approximate surface area is 106 Å². The van der Waals surface area contributed by atoms with Crippen LogP contribution < -0.4 is 10.1 Å². The minimum absolute atomic E-state index is 0.168. The summed E-state index contributed by atoms with van der Waals surface area (Å²) >= 11 is 0. The van der Waals surface area contributed by atoms with Crippen LogP contribution in [0.5, 0.6) is 5.75 Å². The van der Waals surface area contributed by atoms with Gasteiger partial charge in [-0.1, -0.05) is 12.1 Å². The Morgan fingerprint density at radius 3 is 3.17 bits per heavy atom. The van der Waals surface area contributed by atoms with Gasteiger partial charge in [-0.25, -0.2) is 4.79 Å². The number of piperazine rings is 1. The Morgan fingerprint density at radius 1 is 1.61 bits per heavy atom. The fraction of sp³-hybridized carbons (Fsp3) is 0.462. The van der Waals surface area contributed by atoms with Crippen molar-refractivity contribution in [2.75, 3.05) is 26.7 Å². The van der Waals surface area contributed by atoms with Gasteiger partial charge in [0.05, 0.1) is 7.11 Å². The van der Waals surface area contributed by atoms with E-state index in [1.807, 2.05) is 24.3 Å². The number of hydrogen-bond acceptors (Lipinski definition) is 3. The van der Waals surface area contributed by atoms with E-state index in [2.05, 4.69) is 5.32 Å². The lowest BCUT2D eigenvalue weighted by Gasteiger charge is -2.31. The van der Waals surface area contributed by atoms with Crippen molar-refractivity contribution >= 4 is 6.09 Å². The maximum atomic E-state index is 10.9. The Hall–Kier alpha value is -1.75. The molecular weight excluding hydrogens is 232 g/mol. The summed E-state index contributed by atoms with van der Waals surface area (Å²) in [6.45, 7) is 1.80. The van der Waals surface area contributed by atoms with Crippen LogP contribution in [0, 0.1) is 0 Å². The van der Waals surface area contributed by atoms with E-state index in [1.54, 1.807) is 7.11 Å². The molecule has 0 saturated carbocycles. The monoisotopic (exact) mass is 250 g/mol. The molecule has 0 bridgehead atoms. The van der Waals surface area contributed by atoms with Crippen LogP contribution in [0.2, 0.25) is 0 Å². The number of carboxylic acid groups (broad SMARTS) is 1. The van der Waals surface area contributed by atoms with Gasteiger partial charge in [-0.3, -0.25) is 0 Å². The van der Waals surface area contributed by atoms with Gasteiger partial charge in [0, 0.05) is 25.7 Å². The zero-order chi connectivity index (χ0) is 13.0. The maximum Gasteiger partial charge on any atom is 0.407 e. The predicted octanol–water partition coefficient (Wildman–Crippen LogP) is 1.19. The normalized spacial score (nSPS) is 19.6. The molecule has 1 heterocycles. The average Bonchev–Trinajstić information content (AvgIpc) is 2.39. The second-order valence-electron chi connectivity index (χ2n) is 4.44. The predicted molar refractivity (Wildman–Crippen MR) is 68.1 cm³/mol. The number of nitrogens with one attached hydrogen (secondary N) is 1. The Balaban J connectivity index is 1.97. The molecule has 1 aromatic carbocycles. The minimum atomic E-state index is -0.841. The third-order valence-corrected chi connectivity index (χ3v) is 3.14. The lowest BCUT2D eigenvalue weighted by Crippen LogP contribution is -2.53. The van der Waals surface area contributed by atoms with Crippen LogP contribution in [-0.2, 0) is 6.42 Å². The summed E-state index contributed by atoms with van der Waals surface area (Å²) < 4.78 is 5.18. The van der Waals surface area contributed by atoms with Gasteiger partial charge in [0.15, 0.2) is 0 Å². The van der Waals surface area contributed by atoms with Crippen LogP contribution in [0.25, 0.3) is 0 Å². The van der Waals surface area contributed by atoms with Crippen molar-refractivity contribution in [2.45, 2.75) is 12.5 Å². The standard InChI is InChI=1S/C13H18N2O3/c1-18-12-4-2-3-10(8-12)7-11-9-15(13(16)17)6-5-14-11/h2-4,8,11,14H,5-7,9H2,1H3,(H,16,17)/t11-/m1/s1. The van der Waals surface area contributed by atoms with Gasteiger partial charge >= 0.3 is 6.09 Å². The number of methoxy groups -OCH3 is 1. The van der Waals surface area contributed by atoms with Crippen LogP contribution >= 0.6 is 0 Å². The molecule has 0 aliphatic carbocycles. The van der Waals surface area contributed by atoms with E-state index < -0.39 is 6.09 Å². The molecule has 2 rings (SSSR count). The van der Waals surface area contributed by atoms with E-state index in [9.17, 15) is 4.79 Å². The molecule has 0 aromatic heterocycles. The van der Waals surface area contributed by atoms with E-state index in [0.29, 0.717) is 19.6 Å². The molecule has 2 N–H and O–H groups in total. The van der Waals surface area contributed by atoms with Crippen molar-refractivity contribution in [1.29, 1.82) is 0 Å². The zero-order valence-electron chi connectivity index (χ0n) is 10.4. The Kier molecular flexibility index (Phi) is 4.04. The molecule has 18 heavy (non-hydrogen) atoms. The second-order valence-corrected chi connectivity index (χ2v) is 4.44. The number of hydrogen-bond donors (Lipinski definition) is 2. The van der Waals surface area contributed by atoms with E-state index in [1.165, 1.54) is 4.90 Å². The van der Waals surface area contributed by atoms with Gasteiger partial charge in [-0.15, -0.1) is 0 Å². The number of nitrogens with zero attached hydrogens (tertiary/aromatic N) is 1. The highest BCUT2D eigenvalue weighted by molar-refractivity contribution is 5.65. The van der Waals surface area contributed by atoms with Crippen molar-refractivity contribution in [3.8, 4) is 5.75 Å². The molecule has 1 amide bonds. The maximum absolute atomic E-state index is 10.9. The van der Waals surface area contributed by atoms with Gasteiger partial charge in [0.2, 0.25) is 0 Å². The number of carbonyl (C=O) groups is 1. The molecule has 1 fully saturated rings. The van der Waals surface area contributed by atoms with Crippen molar-refractivity contribution in [3.05, 3.63) is 29.8 Å². The quantitative estimate of drug-likeness (QED) is 0.846. The average molecular weight is 250 g/mol. The van der Waals surface area contributed by atoms with Crippen molar-refractivity contribution in [1.82, 2.24) is 10.2 Å². The smallest absolute Gasteiger partial charge is 0.407 e. The van der Waals surface area contributed by atoms with Gasteiger partial charge in [-0.05, 0) is 24.1 Å². The van der Waals surface area contributed by atoms with Gasteiger partial charge in [-0.2, -0.15) is 0 Å². The summed E-state index contributed by atoms with van der Waals surface area (Å²) in [6, 6.07) is 8.04. The molecule has 1 aliphatic rings. The van der Waals surface area contributed by atoms with E-state index in [-0.39, 0.29) is 6.04 Å². The van der Waals surface area contributed by atoms with Crippen LogP contribution in [0.4, 0.5) is 4.79 Å². The van der Waals surface area contributed by atoms with Gasteiger partial charge in [0.25, 0.3) is 0 Å². The molecule has 0 unspecified atom stereocenters. The summed E-state index contributed by atoms with van der Waals surface area (Å²) in [5.74, 6) is 0.832. The molecule has 98 valence electrons. The van der Waals surface area contributed by atoms with Crippen molar-refractivity contribution in [2.24, 2.45) is 0 Å². The largest absolute Gasteiger partial charge is 0.497 e. The second kappa shape index (κ2) is 5.73. The molecule has 5 nitrogen and oxygen atoms in total. The number of amides is 1. The fourth-order valence-corrected chi connectivity index (χ4v) is 2.22. The topological polar surface area (TPSA) is 61.8 Å². The number of rotatable bonds is 3. The third kappa shape index (κ3) is 3.13. The summed E-state index contributed by atoms with van der Waals surface area (Å²) in [5.41, 5.74) is 1.15. The van der Waals surface area contributed by atoms with Crippen LogP contribution in [-0.4, -0.2) is 48.9 Å². The molecule has 1 saturated heterocycles. The highest BCUT2D eigenvalue weighted by Gasteiger charge is 2.22. The molecule has 0 spiro atoms. The highest BCUT2D eigenvalue weighted by Crippen LogP contribution is 2.15. The third-order valence-electron chi connectivity index (χ3n) is 3.14. The first-order valence-electron chi connectivity index (χ1n) is 6.03. The SMILES string of the molecule is COc1cccc(C[C@@H]2CN(C(=O)O)CCN2)c1. The molecule has 1 atom stereocenters. The van der Waals surface area contributed by atoms with Gasteiger partial charge < -0.3 is 20.1 Å². The summed E-state index contributed by atoms with van der Waals surface area (Å²) in [7, 11) is 1.64. The van der Waals surface area contributed by atoms with Crippen LogP contribution in [0.1, 0.15) is 5.56 Å². The van der Waals surface area contributed by atoms with Gasteiger partial charge in [0.1, 0.15) is 5.75 Å². The van der Waals surface area contributed by atoms with Crippen LogP contribution in [0.3, 0.4) is 0 Å². The molecule has 1 aliphatic heterocycles. The van der Waals surface area contributed by atoms with Crippen molar-refractivity contribution < 1.29 is 14.6 Å². The fourth-order valence-electron chi connectivity index (χ4n) is 2.22. The van der Waals surface area contributed by atoms with Crippen molar-refractivity contribution in [3.63, 3.8) is 0 Å². The summed E-state index contributed by atoms with van der Waals surface area (Å²) in [5, 5.41) is 12.3. The Morgan fingerprint density at radius 2 is 2.44 bits per heavy atom. The summed E-state index contributed by atoms with van der Waals surface area (Å²) in [6.07, 6.45) is -0.0341.